The third kappa shape index (κ3) is 5.42. The minimum absolute atomic E-state index is 0.206. The number of aryl methyl sites for hydroxylation is 1. The van der Waals surface area contributed by atoms with Gasteiger partial charge in [0.1, 0.15) is 5.75 Å². The van der Waals surface area contributed by atoms with Gasteiger partial charge in [-0.05, 0) is 92.6 Å². The van der Waals surface area contributed by atoms with Crippen molar-refractivity contribution in [3.05, 3.63) is 143 Å². The van der Waals surface area contributed by atoms with Gasteiger partial charge in [0, 0.05) is 27.2 Å². The first-order valence-corrected chi connectivity index (χ1v) is 15.3. The molecule has 0 aliphatic carbocycles. The van der Waals surface area contributed by atoms with Crippen molar-refractivity contribution in [2.45, 2.75) is 26.8 Å². The molecule has 0 radical (unpaired) electrons. The van der Waals surface area contributed by atoms with Crippen LogP contribution in [0.2, 0.25) is 0 Å². The Balaban J connectivity index is 1.50. The Bertz CT molecular complexity index is 2070. The van der Waals surface area contributed by atoms with Crippen molar-refractivity contribution < 1.29 is 9.53 Å². The third-order valence-corrected chi connectivity index (χ3v) is 9.06. The van der Waals surface area contributed by atoms with Crippen LogP contribution in [0.25, 0.3) is 11.8 Å². The molecule has 1 N–H and O–H groups in total. The topological polar surface area (TPSA) is 77.6 Å². The second kappa shape index (κ2) is 11.7. The van der Waals surface area contributed by atoms with E-state index < -0.39 is 6.04 Å². The van der Waals surface area contributed by atoms with Gasteiger partial charge in [0.05, 0.1) is 29.0 Å². The van der Waals surface area contributed by atoms with Crippen molar-refractivity contribution in [2.24, 2.45) is 4.99 Å². The van der Waals surface area contributed by atoms with Gasteiger partial charge in [-0.1, -0.05) is 57.6 Å². The summed E-state index contributed by atoms with van der Waals surface area (Å²) in [5, 5.41) is 2.99. The molecular formula is C34H29BrN4O3S. The highest BCUT2D eigenvalue weighted by molar-refractivity contribution is 9.10. The van der Waals surface area contributed by atoms with Crippen molar-refractivity contribution in [1.82, 2.24) is 9.13 Å². The monoisotopic (exact) mass is 652 g/mol. The predicted molar refractivity (Wildman–Crippen MR) is 175 cm³/mol. The van der Waals surface area contributed by atoms with E-state index in [1.54, 1.807) is 11.7 Å². The lowest BCUT2D eigenvalue weighted by molar-refractivity contribution is -0.113. The van der Waals surface area contributed by atoms with Gasteiger partial charge in [0.2, 0.25) is 0 Å². The van der Waals surface area contributed by atoms with Crippen LogP contribution in [0.4, 0.5) is 5.69 Å². The number of carbonyl (C=O) groups is 1. The van der Waals surface area contributed by atoms with E-state index in [-0.39, 0.29) is 11.5 Å². The van der Waals surface area contributed by atoms with E-state index in [0.717, 1.165) is 32.7 Å². The number of aromatic nitrogens is 2. The number of allylic oxidation sites excluding steroid dienone is 1. The molecule has 1 aliphatic heterocycles. The van der Waals surface area contributed by atoms with Crippen LogP contribution < -0.4 is 24.9 Å². The summed E-state index contributed by atoms with van der Waals surface area (Å²) in [7, 11) is 1.60. The molecule has 6 rings (SSSR count). The summed E-state index contributed by atoms with van der Waals surface area (Å²) < 4.78 is 10.9. The van der Waals surface area contributed by atoms with Crippen LogP contribution in [0, 0.1) is 13.8 Å². The van der Waals surface area contributed by atoms with E-state index in [0.29, 0.717) is 32.0 Å². The SMILES string of the molecule is COc1cccc([C@@H]2C(C(=O)Nc3ccccc3)=C(C)N=c3s/c(=C\c4cc(C)n(-c5ccc(Br)cc5)c4C)c(=O)n32)c1. The van der Waals surface area contributed by atoms with Gasteiger partial charge in [-0.3, -0.25) is 14.2 Å². The quantitative estimate of drug-likeness (QED) is 0.243. The molecule has 1 atom stereocenters. The zero-order valence-electron chi connectivity index (χ0n) is 24.1. The summed E-state index contributed by atoms with van der Waals surface area (Å²) in [5.74, 6) is 0.324. The summed E-state index contributed by atoms with van der Waals surface area (Å²) in [5.41, 5.74) is 6.25. The average molecular weight is 654 g/mol. The number of hydrogen-bond acceptors (Lipinski definition) is 5. The Labute approximate surface area is 261 Å². The summed E-state index contributed by atoms with van der Waals surface area (Å²) in [6.45, 7) is 5.92. The summed E-state index contributed by atoms with van der Waals surface area (Å²) in [6, 6.07) is 26.3. The largest absolute Gasteiger partial charge is 0.497 e. The molecular weight excluding hydrogens is 624 g/mol. The number of anilines is 1. The van der Waals surface area contributed by atoms with Crippen LogP contribution in [0.15, 0.2) is 110 Å². The highest BCUT2D eigenvalue weighted by atomic mass is 79.9. The molecule has 216 valence electrons. The number of rotatable bonds is 6. The fourth-order valence-corrected chi connectivity index (χ4v) is 6.82. The number of nitrogens with zero attached hydrogens (tertiary/aromatic N) is 3. The maximum Gasteiger partial charge on any atom is 0.271 e. The second-order valence-corrected chi connectivity index (χ2v) is 12.2. The molecule has 43 heavy (non-hydrogen) atoms. The molecule has 0 spiro atoms. The third-order valence-electron chi connectivity index (χ3n) is 7.55. The molecule has 7 nitrogen and oxygen atoms in total. The Morgan fingerprint density at radius 1 is 1.00 bits per heavy atom. The second-order valence-electron chi connectivity index (χ2n) is 10.3. The molecule has 0 bridgehead atoms. The maximum atomic E-state index is 14.2. The number of thiazole rings is 1. The number of fused-ring (bicyclic) bond motifs is 1. The lowest BCUT2D eigenvalue weighted by Crippen LogP contribution is -2.40. The van der Waals surface area contributed by atoms with E-state index >= 15 is 0 Å². The van der Waals surface area contributed by atoms with Crippen molar-refractivity contribution >= 4 is 44.9 Å². The smallest absolute Gasteiger partial charge is 0.271 e. The zero-order chi connectivity index (χ0) is 30.2. The van der Waals surface area contributed by atoms with Gasteiger partial charge < -0.3 is 14.6 Å². The molecule has 1 amide bonds. The molecule has 1 aliphatic rings. The number of amides is 1. The fraction of sp³-hybridized carbons (Fsp3) is 0.147. The Kier molecular flexibility index (Phi) is 7.77. The van der Waals surface area contributed by atoms with Crippen molar-refractivity contribution in [3.8, 4) is 11.4 Å². The van der Waals surface area contributed by atoms with E-state index in [1.165, 1.54) is 11.3 Å². The minimum Gasteiger partial charge on any atom is -0.497 e. The molecule has 0 saturated heterocycles. The molecule has 0 fully saturated rings. The Morgan fingerprint density at radius 3 is 2.47 bits per heavy atom. The minimum atomic E-state index is -0.688. The number of hydrogen-bond donors (Lipinski definition) is 1. The first-order chi connectivity index (χ1) is 20.7. The van der Waals surface area contributed by atoms with Gasteiger partial charge in [0.15, 0.2) is 4.80 Å². The standard InChI is InChI=1S/C34H29BrN4O3S/c1-20-17-24(22(3)38(20)27-15-13-25(35)14-16-27)19-29-33(41)39-31(23-9-8-12-28(18-23)42-4)30(21(2)36-34(39)43-29)32(40)37-26-10-6-5-7-11-26/h5-19,31H,1-4H3,(H,37,40)/b29-19-/t31-/m1/s1. The van der Waals surface area contributed by atoms with E-state index in [9.17, 15) is 9.59 Å². The first-order valence-electron chi connectivity index (χ1n) is 13.7. The highest BCUT2D eigenvalue weighted by Gasteiger charge is 2.33. The highest BCUT2D eigenvalue weighted by Crippen LogP contribution is 2.32. The molecule has 2 aromatic heterocycles. The summed E-state index contributed by atoms with van der Waals surface area (Å²) in [6.07, 6.45) is 1.92. The van der Waals surface area contributed by atoms with Gasteiger partial charge in [0.25, 0.3) is 11.5 Å². The van der Waals surface area contributed by atoms with Gasteiger partial charge in [-0.15, -0.1) is 0 Å². The summed E-state index contributed by atoms with van der Waals surface area (Å²) >= 11 is 4.83. The molecule has 5 aromatic rings. The number of ether oxygens (including phenoxy) is 1. The predicted octanol–water partition coefficient (Wildman–Crippen LogP) is 6.05. The van der Waals surface area contributed by atoms with Crippen molar-refractivity contribution in [1.29, 1.82) is 0 Å². The number of carbonyl (C=O) groups excluding carboxylic acids is 1. The number of benzene rings is 3. The normalized spacial score (nSPS) is 14.8. The van der Waals surface area contributed by atoms with Crippen LogP contribution in [0.3, 0.4) is 0 Å². The number of para-hydroxylation sites is 1. The lowest BCUT2D eigenvalue weighted by Gasteiger charge is -2.25. The maximum absolute atomic E-state index is 14.2. The van der Waals surface area contributed by atoms with Gasteiger partial charge >= 0.3 is 0 Å². The number of methoxy groups -OCH3 is 1. The first kappa shape index (κ1) is 28.6. The van der Waals surface area contributed by atoms with Crippen LogP contribution >= 0.6 is 27.3 Å². The van der Waals surface area contributed by atoms with E-state index in [2.05, 4.69) is 50.9 Å². The molecule has 3 heterocycles. The van der Waals surface area contributed by atoms with Crippen molar-refractivity contribution in [3.63, 3.8) is 0 Å². The average Bonchev–Trinajstić information content (AvgIpc) is 3.46. The molecule has 0 saturated carbocycles. The van der Waals surface area contributed by atoms with Crippen LogP contribution in [-0.2, 0) is 4.79 Å². The fourth-order valence-electron chi connectivity index (χ4n) is 5.52. The van der Waals surface area contributed by atoms with Crippen LogP contribution in [0.1, 0.15) is 35.5 Å². The number of halogens is 1. The van der Waals surface area contributed by atoms with Gasteiger partial charge in [-0.2, -0.15) is 0 Å². The summed E-state index contributed by atoms with van der Waals surface area (Å²) in [4.78, 5) is 33.3. The Morgan fingerprint density at radius 2 is 1.74 bits per heavy atom. The van der Waals surface area contributed by atoms with Crippen LogP contribution in [0.5, 0.6) is 5.75 Å². The zero-order valence-corrected chi connectivity index (χ0v) is 26.5. The number of nitrogens with one attached hydrogen (secondary N) is 1. The van der Waals surface area contributed by atoms with E-state index in [1.807, 2.05) is 86.7 Å². The molecule has 0 unspecified atom stereocenters. The molecule has 3 aromatic carbocycles. The van der Waals surface area contributed by atoms with Gasteiger partial charge in [-0.25, -0.2) is 4.99 Å². The van der Waals surface area contributed by atoms with Crippen LogP contribution in [-0.4, -0.2) is 22.2 Å². The Hall–Kier alpha value is -4.47. The lowest BCUT2D eigenvalue weighted by atomic mass is 9.95. The van der Waals surface area contributed by atoms with E-state index in [4.69, 9.17) is 9.73 Å². The van der Waals surface area contributed by atoms with Crippen molar-refractivity contribution in [2.75, 3.05) is 12.4 Å². The molecule has 9 heteroatoms.